The number of rotatable bonds is 16. The number of ether oxygens (including phenoxy) is 8. The third-order valence-electron chi connectivity index (χ3n) is 10.5. The smallest absolute Gasteiger partial charge is 0.410 e. The first-order valence-electron chi connectivity index (χ1n) is 18.5. The molecule has 0 N–H and O–H groups in total. The molecule has 2 fully saturated rings. The highest BCUT2D eigenvalue weighted by Gasteiger charge is 2.42. The zero-order chi connectivity index (χ0) is 36.2. The van der Waals surface area contributed by atoms with Gasteiger partial charge in [0.1, 0.15) is 24.7 Å². The van der Waals surface area contributed by atoms with Gasteiger partial charge in [0, 0.05) is 53.1 Å². The van der Waals surface area contributed by atoms with Gasteiger partial charge in [-0.15, -0.1) is 0 Å². The summed E-state index contributed by atoms with van der Waals surface area (Å²) in [4.78, 5) is 17.8. The summed E-state index contributed by atoms with van der Waals surface area (Å²) in [7, 11) is 5.16. The molecule has 1 amide bonds. The van der Waals surface area contributed by atoms with Crippen LogP contribution in [0.2, 0.25) is 0 Å². The maximum absolute atomic E-state index is 13.7. The van der Waals surface area contributed by atoms with E-state index in [1.54, 1.807) is 26.2 Å². The van der Waals surface area contributed by atoms with Crippen LogP contribution >= 0.6 is 0 Å². The van der Waals surface area contributed by atoms with Crippen molar-refractivity contribution < 1.29 is 42.7 Å². The minimum absolute atomic E-state index is 0.163. The lowest BCUT2D eigenvalue weighted by molar-refractivity contribution is -0.124. The van der Waals surface area contributed by atoms with Crippen LogP contribution in [-0.4, -0.2) is 109 Å². The number of amides is 1. The van der Waals surface area contributed by atoms with Crippen molar-refractivity contribution in [3.05, 3.63) is 89.5 Å². The molecule has 3 aliphatic rings. The van der Waals surface area contributed by atoms with Crippen LogP contribution in [0.5, 0.6) is 11.5 Å². The van der Waals surface area contributed by atoms with Gasteiger partial charge in [0.05, 0.1) is 56.8 Å². The summed E-state index contributed by atoms with van der Waals surface area (Å²) in [5.41, 5.74) is 3.78. The first kappa shape index (κ1) is 37.9. The van der Waals surface area contributed by atoms with Gasteiger partial charge in [0.2, 0.25) is 0 Å². The molecule has 3 heterocycles. The van der Waals surface area contributed by atoms with Crippen LogP contribution < -0.4 is 14.4 Å². The van der Waals surface area contributed by atoms with Crippen molar-refractivity contribution >= 4 is 11.8 Å². The van der Waals surface area contributed by atoms with E-state index in [1.807, 2.05) is 48.5 Å². The Morgan fingerprint density at radius 1 is 0.846 bits per heavy atom. The number of hydrogen-bond donors (Lipinski definition) is 0. The Balaban J connectivity index is 1.24. The molecule has 0 radical (unpaired) electrons. The van der Waals surface area contributed by atoms with Crippen molar-refractivity contribution in [3.63, 3.8) is 0 Å². The summed E-state index contributed by atoms with van der Waals surface area (Å²) in [6.45, 7) is 6.11. The molecular weight excluding hydrogens is 664 g/mol. The Morgan fingerprint density at radius 2 is 1.62 bits per heavy atom. The summed E-state index contributed by atoms with van der Waals surface area (Å²) in [6.07, 6.45) is 2.14. The summed E-state index contributed by atoms with van der Waals surface area (Å²) >= 11 is 0. The number of carbonyl (C=O) groups is 1. The first-order valence-corrected chi connectivity index (χ1v) is 18.5. The average molecular weight is 719 g/mol. The number of carbonyl (C=O) groups excluding carboxylic acids is 1. The molecule has 0 aliphatic carbocycles. The number of anilines is 1. The number of hydrogen-bond acceptors (Lipinski definition) is 10. The van der Waals surface area contributed by atoms with Gasteiger partial charge in [-0.25, -0.2) is 4.79 Å². The van der Waals surface area contributed by atoms with Crippen LogP contribution in [0.1, 0.15) is 48.3 Å². The molecule has 11 heteroatoms. The summed E-state index contributed by atoms with van der Waals surface area (Å²) in [5.74, 6) is 1.48. The number of piperidine rings is 1. The second-order valence-electron chi connectivity index (χ2n) is 13.7. The molecular formula is C41H54N2O9. The van der Waals surface area contributed by atoms with Gasteiger partial charge < -0.3 is 47.7 Å². The lowest BCUT2D eigenvalue weighted by Gasteiger charge is -2.44. The Labute approximate surface area is 308 Å². The molecule has 282 valence electrons. The van der Waals surface area contributed by atoms with Crippen molar-refractivity contribution in [2.45, 2.75) is 62.6 Å². The van der Waals surface area contributed by atoms with Gasteiger partial charge in [0.25, 0.3) is 0 Å². The van der Waals surface area contributed by atoms with Crippen LogP contribution in [-0.2, 0) is 41.6 Å². The monoisotopic (exact) mass is 718 g/mol. The van der Waals surface area contributed by atoms with E-state index < -0.39 is 6.09 Å². The van der Waals surface area contributed by atoms with Crippen LogP contribution in [0, 0.1) is 0 Å². The maximum atomic E-state index is 13.7. The van der Waals surface area contributed by atoms with Crippen LogP contribution in [0.25, 0.3) is 0 Å². The zero-order valence-corrected chi connectivity index (χ0v) is 30.8. The number of benzene rings is 3. The quantitative estimate of drug-likeness (QED) is 0.159. The lowest BCUT2D eigenvalue weighted by Crippen LogP contribution is -2.55. The Morgan fingerprint density at radius 3 is 2.35 bits per heavy atom. The molecule has 0 spiro atoms. The van der Waals surface area contributed by atoms with Gasteiger partial charge in [0.15, 0.2) is 0 Å². The number of nitrogens with zero attached hydrogens (tertiary/aromatic N) is 2. The Kier molecular flexibility index (Phi) is 13.7. The minimum atomic E-state index is -0.394. The third-order valence-corrected chi connectivity index (χ3v) is 10.5. The highest BCUT2D eigenvalue weighted by molar-refractivity contribution is 5.68. The molecule has 2 saturated heterocycles. The van der Waals surface area contributed by atoms with E-state index in [-0.39, 0.29) is 30.3 Å². The molecule has 3 atom stereocenters. The van der Waals surface area contributed by atoms with E-state index in [1.165, 1.54) is 0 Å². The van der Waals surface area contributed by atoms with Gasteiger partial charge in [-0.05, 0) is 66.6 Å². The second kappa shape index (κ2) is 18.8. The Hall–Kier alpha value is -3.87. The van der Waals surface area contributed by atoms with Crippen LogP contribution in [0.4, 0.5) is 10.5 Å². The highest BCUT2D eigenvalue weighted by Crippen LogP contribution is 2.37. The predicted octanol–water partition coefficient (Wildman–Crippen LogP) is 6.22. The second-order valence-corrected chi connectivity index (χ2v) is 13.7. The number of fused-ring (bicyclic) bond motifs is 1. The van der Waals surface area contributed by atoms with Crippen molar-refractivity contribution in [3.8, 4) is 11.5 Å². The van der Waals surface area contributed by atoms with E-state index in [0.29, 0.717) is 52.7 Å². The van der Waals surface area contributed by atoms with E-state index in [9.17, 15) is 4.79 Å². The van der Waals surface area contributed by atoms with Gasteiger partial charge in [-0.1, -0.05) is 48.5 Å². The van der Waals surface area contributed by atoms with Gasteiger partial charge in [-0.2, -0.15) is 0 Å². The lowest BCUT2D eigenvalue weighted by atomic mass is 9.84. The molecule has 0 bridgehead atoms. The zero-order valence-electron chi connectivity index (χ0n) is 30.8. The topological polar surface area (TPSA) is 97.4 Å². The van der Waals surface area contributed by atoms with Gasteiger partial charge >= 0.3 is 6.09 Å². The van der Waals surface area contributed by atoms with E-state index in [4.69, 9.17) is 37.9 Å². The van der Waals surface area contributed by atoms with E-state index in [2.05, 4.69) is 29.2 Å². The molecule has 3 aliphatic heterocycles. The van der Waals surface area contributed by atoms with Gasteiger partial charge in [-0.3, -0.25) is 0 Å². The van der Waals surface area contributed by atoms with Crippen molar-refractivity contribution in [2.75, 3.05) is 85.4 Å². The molecule has 0 saturated carbocycles. The molecule has 52 heavy (non-hydrogen) atoms. The molecule has 11 nitrogen and oxygen atoms in total. The molecule has 3 aromatic carbocycles. The fourth-order valence-electron chi connectivity index (χ4n) is 7.44. The number of methoxy groups -OCH3 is 3. The first-order chi connectivity index (χ1) is 25.5. The van der Waals surface area contributed by atoms with Crippen molar-refractivity contribution in [1.82, 2.24) is 4.90 Å². The van der Waals surface area contributed by atoms with Crippen LogP contribution in [0.15, 0.2) is 72.8 Å². The van der Waals surface area contributed by atoms with E-state index in [0.717, 1.165) is 72.6 Å². The van der Waals surface area contributed by atoms with Crippen molar-refractivity contribution in [1.29, 1.82) is 0 Å². The largest absolute Gasteiger partial charge is 0.497 e. The minimum Gasteiger partial charge on any atom is -0.497 e. The van der Waals surface area contributed by atoms with Crippen molar-refractivity contribution in [2.24, 2.45) is 0 Å². The summed E-state index contributed by atoms with van der Waals surface area (Å²) in [5, 5.41) is 0. The SMILES string of the molecule is COCCCN1CCOc2ccc(CO[C@H]3CN(C(=O)OCc4ccccc4)C[C@@H](OCCC4(OC)CCOCC4)[C@@H]3c3ccc(OC)cc3)cc21. The normalized spacial score (nSPS) is 21.2. The molecule has 6 rings (SSSR count). The predicted molar refractivity (Wildman–Crippen MR) is 197 cm³/mol. The standard InChI is InChI=1S/C41H54N2O9/c1-45-21-7-19-42-20-25-50-36-15-10-32(26-35(36)42)30-51-38-28-43(40(44)52-29-31-8-5-4-6-9-31)27-37(39(38)33-11-13-34(46-2)14-12-33)49-24-18-41(47-3)16-22-48-23-17-41/h4-6,8-15,26,37-39H,7,16-25,27-30H2,1-3H3/t37-,38+,39+/m1/s1. The maximum Gasteiger partial charge on any atom is 0.410 e. The fraction of sp³-hybridized carbons (Fsp3) is 0.537. The average Bonchev–Trinajstić information content (AvgIpc) is 3.20. The van der Waals surface area contributed by atoms with Crippen LogP contribution in [0.3, 0.4) is 0 Å². The number of likely N-dealkylation sites (tertiary alicyclic amines) is 1. The summed E-state index contributed by atoms with van der Waals surface area (Å²) < 4.78 is 47.9. The molecule has 0 unspecified atom stereocenters. The fourth-order valence-corrected chi connectivity index (χ4v) is 7.44. The molecule has 0 aromatic heterocycles. The van der Waals surface area contributed by atoms with E-state index >= 15 is 0 Å². The molecule has 3 aromatic rings. The summed E-state index contributed by atoms with van der Waals surface area (Å²) in [6, 6.07) is 24.0. The third kappa shape index (κ3) is 9.76. The Bertz CT molecular complexity index is 1530. The highest BCUT2D eigenvalue weighted by atomic mass is 16.6.